The molecule has 0 saturated carbocycles. The average Bonchev–Trinajstić information content (AvgIpc) is 2.72. The van der Waals surface area contributed by atoms with Gasteiger partial charge in [0.25, 0.3) is 0 Å². The number of nitrogens with one attached hydrogen (secondary N) is 2. The van der Waals surface area contributed by atoms with E-state index < -0.39 is 0 Å². The Kier molecular flexibility index (Phi) is 5.69. The highest BCUT2D eigenvalue weighted by Gasteiger charge is 2.16. The van der Waals surface area contributed by atoms with Gasteiger partial charge in [0.1, 0.15) is 0 Å². The Morgan fingerprint density at radius 3 is 2.73 bits per heavy atom. The average molecular weight is 212 g/mol. The third kappa shape index (κ3) is 4.20. The van der Waals surface area contributed by atoms with Gasteiger partial charge in [-0.05, 0) is 38.6 Å². The monoisotopic (exact) mass is 212 g/mol. The summed E-state index contributed by atoms with van der Waals surface area (Å²) in [5, 5.41) is 6.47. The van der Waals surface area contributed by atoms with Crippen LogP contribution in [0.4, 0.5) is 0 Å². The van der Waals surface area contributed by atoms with Gasteiger partial charge >= 0.3 is 0 Å². The Balaban J connectivity index is 2.10. The predicted octanol–water partition coefficient (Wildman–Crippen LogP) is 1.68. The topological polar surface area (TPSA) is 41.1 Å². The van der Waals surface area contributed by atoms with Crippen LogP contribution in [0.15, 0.2) is 0 Å². The van der Waals surface area contributed by atoms with Crippen LogP contribution in [0, 0.1) is 5.92 Å². The molecule has 0 aliphatic carbocycles. The first-order valence-electron chi connectivity index (χ1n) is 6.29. The van der Waals surface area contributed by atoms with Gasteiger partial charge in [0.05, 0.1) is 0 Å². The standard InChI is InChI=1S/C12H24N2O/c1-3-10(4-2)12(15)14-9-7-11-6-5-8-13-11/h10-11,13H,3-9H2,1-2H3,(H,14,15)/t11-/m0/s1. The molecule has 0 unspecified atom stereocenters. The summed E-state index contributed by atoms with van der Waals surface area (Å²) in [6, 6.07) is 0.631. The summed E-state index contributed by atoms with van der Waals surface area (Å²) in [4.78, 5) is 11.6. The maximum Gasteiger partial charge on any atom is 0.223 e. The van der Waals surface area contributed by atoms with Crippen molar-refractivity contribution < 1.29 is 4.79 Å². The van der Waals surface area contributed by atoms with E-state index in [0.29, 0.717) is 6.04 Å². The van der Waals surface area contributed by atoms with Crippen molar-refractivity contribution in [3.63, 3.8) is 0 Å². The Hall–Kier alpha value is -0.570. The van der Waals surface area contributed by atoms with E-state index in [0.717, 1.165) is 32.4 Å². The third-order valence-electron chi connectivity index (χ3n) is 3.31. The number of amides is 1. The van der Waals surface area contributed by atoms with Crippen LogP contribution in [-0.2, 0) is 4.79 Å². The van der Waals surface area contributed by atoms with Crippen molar-refractivity contribution in [1.82, 2.24) is 10.6 Å². The van der Waals surface area contributed by atoms with Gasteiger partial charge in [-0.25, -0.2) is 0 Å². The molecule has 1 fully saturated rings. The lowest BCUT2D eigenvalue weighted by molar-refractivity contribution is -0.125. The lowest BCUT2D eigenvalue weighted by atomic mass is 10.0. The van der Waals surface area contributed by atoms with Crippen LogP contribution in [0.5, 0.6) is 0 Å². The zero-order valence-electron chi connectivity index (χ0n) is 10.0. The number of carbonyl (C=O) groups excluding carboxylic acids is 1. The van der Waals surface area contributed by atoms with Crippen molar-refractivity contribution >= 4 is 5.91 Å². The Morgan fingerprint density at radius 1 is 1.47 bits per heavy atom. The minimum Gasteiger partial charge on any atom is -0.356 e. The Labute approximate surface area is 93.0 Å². The van der Waals surface area contributed by atoms with E-state index in [2.05, 4.69) is 24.5 Å². The minimum absolute atomic E-state index is 0.210. The Morgan fingerprint density at radius 2 is 2.20 bits per heavy atom. The molecule has 1 amide bonds. The van der Waals surface area contributed by atoms with E-state index in [-0.39, 0.29) is 11.8 Å². The van der Waals surface area contributed by atoms with Gasteiger partial charge in [0.2, 0.25) is 5.91 Å². The van der Waals surface area contributed by atoms with Gasteiger partial charge in [-0.3, -0.25) is 4.79 Å². The molecule has 1 atom stereocenters. The third-order valence-corrected chi connectivity index (χ3v) is 3.31. The molecule has 0 radical (unpaired) electrons. The predicted molar refractivity (Wildman–Crippen MR) is 62.7 cm³/mol. The normalized spacial score (nSPS) is 20.9. The highest BCUT2D eigenvalue weighted by Crippen LogP contribution is 2.09. The number of hydrogen-bond acceptors (Lipinski definition) is 2. The van der Waals surface area contributed by atoms with Crippen molar-refractivity contribution in [2.24, 2.45) is 5.92 Å². The van der Waals surface area contributed by atoms with E-state index in [1.54, 1.807) is 0 Å². The smallest absolute Gasteiger partial charge is 0.223 e. The number of rotatable bonds is 6. The van der Waals surface area contributed by atoms with E-state index in [4.69, 9.17) is 0 Å². The van der Waals surface area contributed by atoms with Crippen LogP contribution in [-0.4, -0.2) is 25.0 Å². The van der Waals surface area contributed by atoms with Crippen molar-refractivity contribution in [3.8, 4) is 0 Å². The van der Waals surface area contributed by atoms with Crippen LogP contribution < -0.4 is 10.6 Å². The highest BCUT2D eigenvalue weighted by molar-refractivity contribution is 5.78. The lowest BCUT2D eigenvalue weighted by Crippen LogP contribution is -2.34. The lowest BCUT2D eigenvalue weighted by Gasteiger charge is -2.14. The molecule has 0 aromatic heterocycles. The fourth-order valence-corrected chi connectivity index (χ4v) is 2.18. The van der Waals surface area contributed by atoms with Crippen LogP contribution in [0.3, 0.4) is 0 Å². The number of carbonyl (C=O) groups is 1. The van der Waals surface area contributed by atoms with Gasteiger partial charge in [-0.1, -0.05) is 13.8 Å². The number of hydrogen-bond donors (Lipinski definition) is 2. The molecule has 1 heterocycles. The second kappa shape index (κ2) is 6.83. The first kappa shape index (κ1) is 12.5. The fourth-order valence-electron chi connectivity index (χ4n) is 2.18. The first-order chi connectivity index (χ1) is 7.27. The highest BCUT2D eigenvalue weighted by atomic mass is 16.1. The Bertz CT molecular complexity index is 184. The van der Waals surface area contributed by atoms with Gasteiger partial charge in [0, 0.05) is 18.5 Å². The first-order valence-corrected chi connectivity index (χ1v) is 6.29. The zero-order valence-corrected chi connectivity index (χ0v) is 10.0. The van der Waals surface area contributed by atoms with Crippen LogP contribution in [0.2, 0.25) is 0 Å². The largest absolute Gasteiger partial charge is 0.356 e. The molecular weight excluding hydrogens is 188 g/mol. The summed E-state index contributed by atoms with van der Waals surface area (Å²) in [7, 11) is 0. The quantitative estimate of drug-likeness (QED) is 0.703. The molecule has 0 bridgehead atoms. The van der Waals surface area contributed by atoms with Gasteiger partial charge in [0.15, 0.2) is 0 Å². The molecular formula is C12H24N2O. The van der Waals surface area contributed by atoms with Gasteiger partial charge in [-0.15, -0.1) is 0 Å². The molecule has 3 nitrogen and oxygen atoms in total. The molecule has 1 saturated heterocycles. The minimum atomic E-state index is 0.210. The van der Waals surface area contributed by atoms with E-state index >= 15 is 0 Å². The van der Waals surface area contributed by atoms with Crippen LogP contribution >= 0.6 is 0 Å². The van der Waals surface area contributed by atoms with Crippen LogP contribution in [0.1, 0.15) is 46.0 Å². The van der Waals surface area contributed by atoms with Crippen molar-refractivity contribution in [2.45, 2.75) is 52.0 Å². The maximum atomic E-state index is 11.6. The van der Waals surface area contributed by atoms with E-state index in [1.165, 1.54) is 12.8 Å². The zero-order chi connectivity index (χ0) is 11.1. The molecule has 15 heavy (non-hydrogen) atoms. The second-order valence-corrected chi connectivity index (χ2v) is 4.39. The molecule has 1 aliphatic heterocycles. The molecule has 0 spiro atoms. The SMILES string of the molecule is CCC(CC)C(=O)NCC[C@@H]1CCCN1. The van der Waals surface area contributed by atoms with Crippen LogP contribution in [0.25, 0.3) is 0 Å². The summed E-state index contributed by atoms with van der Waals surface area (Å²) in [6.45, 7) is 6.12. The summed E-state index contributed by atoms with van der Waals surface area (Å²) >= 11 is 0. The van der Waals surface area contributed by atoms with E-state index in [9.17, 15) is 4.79 Å². The molecule has 3 heteroatoms. The summed E-state index contributed by atoms with van der Waals surface area (Å²) < 4.78 is 0. The molecule has 0 aromatic carbocycles. The molecule has 88 valence electrons. The summed E-state index contributed by atoms with van der Waals surface area (Å²) in [6.07, 6.45) is 5.52. The second-order valence-electron chi connectivity index (χ2n) is 4.39. The van der Waals surface area contributed by atoms with Crippen molar-refractivity contribution in [1.29, 1.82) is 0 Å². The van der Waals surface area contributed by atoms with Crippen molar-refractivity contribution in [2.75, 3.05) is 13.1 Å². The molecule has 1 aliphatic rings. The van der Waals surface area contributed by atoms with Gasteiger partial charge in [-0.2, -0.15) is 0 Å². The van der Waals surface area contributed by atoms with Gasteiger partial charge < -0.3 is 10.6 Å². The van der Waals surface area contributed by atoms with Crippen molar-refractivity contribution in [3.05, 3.63) is 0 Å². The molecule has 1 rings (SSSR count). The molecule has 0 aromatic rings. The summed E-state index contributed by atoms with van der Waals surface area (Å²) in [5.41, 5.74) is 0. The summed E-state index contributed by atoms with van der Waals surface area (Å²) in [5.74, 6) is 0.444. The maximum absolute atomic E-state index is 11.6. The van der Waals surface area contributed by atoms with E-state index in [1.807, 2.05) is 0 Å². The fraction of sp³-hybridized carbons (Fsp3) is 0.917. The molecule has 2 N–H and O–H groups in total.